The fourth-order valence-electron chi connectivity index (χ4n) is 2.98. The van der Waals surface area contributed by atoms with Crippen LogP contribution in [0.25, 0.3) is 10.9 Å². The van der Waals surface area contributed by atoms with E-state index in [0.717, 1.165) is 22.2 Å². The number of fused-ring (bicyclic) bond motifs is 3. The Labute approximate surface area is 123 Å². The second-order valence-corrected chi connectivity index (χ2v) is 6.92. The van der Waals surface area contributed by atoms with Crippen LogP contribution >= 0.6 is 0 Å². The van der Waals surface area contributed by atoms with Gasteiger partial charge in [0.05, 0.1) is 16.1 Å². The average molecular weight is 298 g/mol. The van der Waals surface area contributed by atoms with Gasteiger partial charge in [0.2, 0.25) is 0 Å². The second kappa shape index (κ2) is 4.44. The Morgan fingerprint density at radius 1 is 0.905 bits per heavy atom. The van der Waals surface area contributed by atoms with Crippen LogP contribution in [-0.2, 0) is 23.1 Å². The van der Waals surface area contributed by atoms with Crippen LogP contribution in [0.5, 0.6) is 0 Å². The number of para-hydroxylation sites is 1. The molecular weight excluding hydrogens is 284 g/mol. The monoisotopic (exact) mass is 298 g/mol. The lowest BCUT2D eigenvalue weighted by atomic mass is 10.1. The maximum Gasteiger partial charge on any atom is 0.268 e. The molecule has 21 heavy (non-hydrogen) atoms. The number of nitrogens with one attached hydrogen (secondary N) is 1. The first kappa shape index (κ1) is 12.6. The summed E-state index contributed by atoms with van der Waals surface area (Å²) in [6.07, 6.45) is 0. The van der Waals surface area contributed by atoms with Gasteiger partial charge in [-0.3, -0.25) is 0 Å². The molecule has 0 amide bonds. The number of nitrogens with zero attached hydrogens (tertiary/aromatic N) is 1. The van der Waals surface area contributed by atoms with Crippen LogP contribution in [0.15, 0.2) is 59.5 Å². The van der Waals surface area contributed by atoms with Gasteiger partial charge in [0.25, 0.3) is 10.0 Å². The first-order valence-corrected chi connectivity index (χ1v) is 8.26. The molecule has 0 unspecified atom stereocenters. The Kier molecular flexibility index (Phi) is 2.67. The SMILES string of the molecule is O=S(=O)(c1ccccc1)n1c2c(c3ccccc31)CNC2. The minimum absolute atomic E-state index is 0.320. The summed E-state index contributed by atoms with van der Waals surface area (Å²) in [5, 5.41) is 4.25. The maximum atomic E-state index is 13.0. The molecule has 0 saturated carbocycles. The number of rotatable bonds is 2. The first-order valence-electron chi connectivity index (χ1n) is 6.82. The maximum absolute atomic E-state index is 13.0. The molecule has 106 valence electrons. The third kappa shape index (κ3) is 1.74. The third-order valence-electron chi connectivity index (χ3n) is 3.92. The van der Waals surface area contributed by atoms with Gasteiger partial charge >= 0.3 is 0 Å². The van der Waals surface area contributed by atoms with Gasteiger partial charge in [-0.1, -0.05) is 36.4 Å². The molecule has 0 saturated heterocycles. The lowest BCUT2D eigenvalue weighted by Gasteiger charge is -2.10. The summed E-state index contributed by atoms with van der Waals surface area (Å²) in [5.41, 5.74) is 2.69. The van der Waals surface area contributed by atoms with Crippen molar-refractivity contribution in [2.75, 3.05) is 0 Å². The minimum atomic E-state index is -3.57. The summed E-state index contributed by atoms with van der Waals surface area (Å²) >= 11 is 0. The smallest absolute Gasteiger partial charge is 0.268 e. The zero-order valence-electron chi connectivity index (χ0n) is 11.3. The molecule has 4 rings (SSSR count). The summed E-state index contributed by atoms with van der Waals surface area (Å²) in [4.78, 5) is 0.320. The van der Waals surface area contributed by atoms with Crippen LogP contribution < -0.4 is 5.32 Å². The standard InChI is InChI=1S/C16H14N2O2S/c19-21(20,12-6-2-1-3-7-12)18-15-9-5-4-8-13(15)14-10-17-11-16(14)18/h1-9,17H,10-11H2. The van der Waals surface area contributed by atoms with Gasteiger partial charge in [0, 0.05) is 18.5 Å². The molecule has 0 aliphatic carbocycles. The van der Waals surface area contributed by atoms with E-state index in [1.54, 1.807) is 24.3 Å². The molecular formula is C16H14N2O2S. The van der Waals surface area contributed by atoms with Crippen molar-refractivity contribution < 1.29 is 8.42 Å². The lowest BCUT2D eigenvalue weighted by Crippen LogP contribution is -2.16. The van der Waals surface area contributed by atoms with E-state index in [0.29, 0.717) is 18.0 Å². The largest absolute Gasteiger partial charge is 0.307 e. The van der Waals surface area contributed by atoms with E-state index >= 15 is 0 Å². The normalized spacial score (nSPS) is 14.5. The summed E-state index contributed by atoms with van der Waals surface area (Å²) in [6.45, 7) is 1.29. The fourth-order valence-corrected chi connectivity index (χ4v) is 4.58. The van der Waals surface area contributed by atoms with Crippen molar-refractivity contribution in [1.82, 2.24) is 9.29 Å². The molecule has 0 radical (unpaired) electrons. The molecule has 4 nitrogen and oxygen atoms in total. The Bertz CT molecular complexity index is 928. The van der Waals surface area contributed by atoms with Crippen LogP contribution in [0.2, 0.25) is 0 Å². The first-order chi connectivity index (χ1) is 10.2. The highest BCUT2D eigenvalue weighted by Crippen LogP contribution is 2.32. The van der Waals surface area contributed by atoms with Gasteiger partial charge in [-0.15, -0.1) is 0 Å². The van der Waals surface area contributed by atoms with Crippen molar-refractivity contribution in [3.05, 3.63) is 65.9 Å². The number of hydrogen-bond donors (Lipinski definition) is 1. The fraction of sp³-hybridized carbons (Fsp3) is 0.125. The highest BCUT2D eigenvalue weighted by Gasteiger charge is 2.28. The number of hydrogen-bond acceptors (Lipinski definition) is 3. The summed E-state index contributed by atoms with van der Waals surface area (Å²) < 4.78 is 27.5. The summed E-state index contributed by atoms with van der Waals surface area (Å²) in [6, 6.07) is 16.3. The molecule has 1 aliphatic rings. The molecule has 1 N–H and O–H groups in total. The highest BCUT2D eigenvalue weighted by atomic mass is 32.2. The Morgan fingerprint density at radius 2 is 1.62 bits per heavy atom. The predicted molar refractivity (Wildman–Crippen MR) is 81.5 cm³/mol. The molecule has 0 atom stereocenters. The zero-order chi connectivity index (χ0) is 14.4. The topological polar surface area (TPSA) is 51.1 Å². The van der Waals surface area contributed by atoms with E-state index in [1.165, 1.54) is 3.97 Å². The van der Waals surface area contributed by atoms with E-state index < -0.39 is 10.0 Å². The average Bonchev–Trinajstić information content (AvgIpc) is 3.08. The molecule has 0 spiro atoms. The quantitative estimate of drug-likeness (QED) is 0.791. The van der Waals surface area contributed by atoms with Gasteiger partial charge in [-0.05, 0) is 23.8 Å². The third-order valence-corrected chi connectivity index (χ3v) is 5.68. The molecule has 2 aromatic carbocycles. The highest BCUT2D eigenvalue weighted by molar-refractivity contribution is 7.90. The zero-order valence-corrected chi connectivity index (χ0v) is 12.1. The van der Waals surface area contributed by atoms with Crippen LogP contribution in [0, 0.1) is 0 Å². The molecule has 2 heterocycles. The van der Waals surface area contributed by atoms with Gasteiger partial charge < -0.3 is 5.32 Å². The van der Waals surface area contributed by atoms with Crippen molar-refractivity contribution in [2.24, 2.45) is 0 Å². The lowest BCUT2D eigenvalue weighted by molar-refractivity contribution is 0.586. The van der Waals surface area contributed by atoms with Crippen molar-refractivity contribution in [3.8, 4) is 0 Å². The van der Waals surface area contributed by atoms with Crippen LogP contribution in [0.1, 0.15) is 11.3 Å². The predicted octanol–water partition coefficient (Wildman–Crippen LogP) is 2.48. The minimum Gasteiger partial charge on any atom is -0.307 e. The molecule has 3 aromatic rings. The Morgan fingerprint density at radius 3 is 2.43 bits per heavy atom. The summed E-state index contributed by atoms with van der Waals surface area (Å²) in [7, 11) is -3.57. The number of aromatic nitrogens is 1. The van der Waals surface area contributed by atoms with E-state index in [1.807, 2.05) is 30.3 Å². The molecule has 1 aromatic heterocycles. The van der Waals surface area contributed by atoms with E-state index in [4.69, 9.17) is 0 Å². The van der Waals surface area contributed by atoms with Crippen LogP contribution in [-0.4, -0.2) is 12.4 Å². The molecule has 1 aliphatic heterocycles. The second-order valence-electron chi connectivity index (χ2n) is 5.13. The van der Waals surface area contributed by atoms with Crippen LogP contribution in [0.3, 0.4) is 0 Å². The van der Waals surface area contributed by atoms with Gasteiger partial charge in [0.1, 0.15) is 0 Å². The molecule has 5 heteroatoms. The van der Waals surface area contributed by atoms with Gasteiger partial charge in [-0.25, -0.2) is 12.4 Å². The Balaban J connectivity index is 2.08. The van der Waals surface area contributed by atoms with Crippen molar-refractivity contribution in [2.45, 2.75) is 18.0 Å². The number of benzene rings is 2. The van der Waals surface area contributed by atoms with Crippen molar-refractivity contribution >= 4 is 20.9 Å². The van der Waals surface area contributed by atoms with E-state index in [2.05, 4.69) is 5.32 Å². The van der Waals surface area contributed by atoms with Crippen molar-refractivity contribution in [3.63, 3.8) is 0 Å². The van der Waals surface area contributed by atoms with Crippen LogP contribution in [0.4, 0.5) is 0 Å². The van der Waals surface area contributed by atoms with E-state index in [-0.39, 0.29) is 0 Å². The van der Waals surface area contributed by atoms with Crippen molar-refractivity contribution in [1.29, 1.82) is 0 Å². The van der Waals surface area contributed by atoms with Gasteiger partial charge in [-0.2, -0.15) is 0 Å². The molecule has 0 fully saturated rings. The van der Waals surface area contributed by atoms with E-state index in [9.17, 15) is 8.42 Å². The summed E-state index contributed by atoms with van der Waals surface area (Å²) in [5.74, 6) is 0. The van der Waals surface area contributed by atoms with Gasteiger partial charge in [0.15, 0.2) is 0 Å². The molecule has 0 bridgehead atoms. The Hall–Kier alpha value is -2.11.